The standard InChI is InChI=1S/C13H18FNO2/c1-9(2)12(13(16)17-3)15-8-10-6-4-5-7-11(10)14/h4-7,9,12,15H,8H2,1-3H3/t12-/m0/s1. The molecule has 94 valence electrons. The van der Waals surface area contributed by atoms with Crippen LogP contribution in [-0.2, 0) is 16.1 Å². The van der Waals surface area contributed by atoms with E-state index >= 15 is 0 Å². The van der Waals surface area contributed by atoms with Crippen molar-refractivity contribution in [2.75, 3.05) is 7.11 Å². The Hall–Kier alpha value is -1.42. The lowest BCUT2D eigenvalue weighted by atomic mass is 10.0. The number of benzene rings is 1. The van der Waals surface area contributed by atoms with E-state index in [0.29, 0.717) is 12.1 Å². The number of esters is 1. The van der Waals surface area contributed by atoms with Crippen LogP contribution in [0, 0.1) is 11.7 Å². The van der Waals surface area contributed by atoms with Crippen LogP contribution in [0.5, 0.6) is 0 Å². The van der Waals surface area contributed by atoms with Crippen molar-refractivity contribution in [3.05, 3.63) is 35.6 Å². The van der Waals surface area contributed by atoms with Gasteiger partial charge in [-0.1, -0.05) is 32.0 Å². The molecular weight excluding hydrogens is 221 g/mol. The van der Waals surface area contributed by atoms with Crippen molar-refractivity contribution < 1.29 is 13.9 Å². The highest BCUT2D eigenvalue weighted by Gasteiger charge is 2.22. The molecule has 0 amide bonds. The van der Waals surface area contributed by atoms with Gasteiger partial charge in [0.1, 0.15) is 11.9 Å². The first-order valence-corrected chi connectivity index (χ1v) is 5.61. The van der Waals surface area contributed by atoms with Gasteiger partial charge in [-0.3, -0.25) is 10.1 Å². The average Bonchev–Trinajstić information content (AvgIpc) is 2.30. The molecule has 0 saturated heterocycles. The van der Waals surface area contributed by atoms with Crippen molar-refractivity contribution in [1.29, 1.82) is 0 Å². The molecule has 1 N–H and O–H groups in total. The lowest BCUT2D eigenvalue weighted by Crippen LogP contribution is -2.41. The maximum absolute atomic E-state index is 13.4. The van der Waals surface area contributed by atoms with Gasteiger partial charge in [-0.05, 0) is 12.0 Å². The lowest BCUT2D eigenvalue weighted by Gasteiger charge is -2.19. The van der Waals surface area contributed by atoms with E-state index < -0.39 is 6.04 Å². The summed E-state index contributed by atoms with van der Waals surface area (Å²) in [5.74, 6) is -0.502. The molecule has 3 nitrogen and oxygen atoms in total. The van der Waals surface area contributed by atoms with Gasteiger partial charge in [0.05, 0.1) is 7.11 Å². The third kappa shape index (κ3) is 3.82. The highest BCUT2D eigenvalue weighted by Crippen LogP contribution is 2.09. The lowest BCUT2D eigenvalue weighted by molar-refractivity contribution is -0.144. The molecule has 1 aromatic rings. The Kier molecular flexibility index (Phi) is 5.10. The molecular formula is C13H18FNO2. The van der Waals surface area contributed by atoms with Crippen LogP contribution in [0.3, 0.4) is 0 Å². The molecule has 0 unspecified atom stereocenters. The molecule has 0 fully saturated rings. The maximum atomic E-state index is 13.4. The third-order valence-corrected chi connectivity index (χ3v) is 2.59. The van der Waals surface area contributed by atoms with E-state index in [1.54, 1.807) is 18.2 Å². The quantitative estimate of drug-likeness (QED) is 0.800. The van der Waals surface area contributed by atoms with Crippen LogP contribution in [0.15, 0.2) is 24.3 Å². The van der Waals surface area contributed by atoms with Crippen LogP contribution in [0.1, 0.15) is 19.4 Å². The molecule has 1 aromatic carbocycles. The van der Waals surface area contributed by atoms with E-state index in [2.05, 4.69) is 5.32 Å². The van der Waals surface area contributed by atoms with Crippen LogP contribution in [0.25, 0.3) is 0 Å². The molecule has 0 aliphatic carbocycles. The van der Waals surface area contributed by atoms with E-state index in [1.165, 1.54) is 13.2 Å². The van der Waals surface area contributed by atoms with Gasteiger partial charge in [-0.25, -0.2) is 4.39 Å². The number of hydrogen-bond donors (Lipinski definition) is 1. The van der Waals surface area contributed by atoms with E-state index in [9.17, 15) is 9.18 Å². The first-order chi connectivity index (χ1) is 8.06. The number of rotatable bonds is 5. The van der Waals surface area contributed by atoms with Gasteiger partial charge in [-0.2, -0.15) is 0 Å². The largest absolute Gasteiger partial charge is 0.468 e. The summed E-state index contributed by atoms with van der Waals surface area (Å²) in [7, 11) is 1.35. The predicted octanol–water partition coefficient (Wildman–Crippen LogP) is 2.11. The molecule has 17 heavy (non-hydrogen) atoms. The predicted molar refractivity (Wildman–Crippen MR) is 63.9 cm³/mol. The first-order valence-electron chi connectivity index (χ1n) is 5.61. The smallest absolute Gasteiger partial charge is 0.323 e. The molecule has 4 heteroatoms. The van der Waals surface area contributed by atoms with E-state index in [-0.39, 0.29) is 17.7 Å². The normalized spacial score (nSPS) is 12.5. The Morgan fingerprint density at radius 3 is 2.59 bits per heavy atom. The summed E-state index contributed by atoms with van der Waals surface area (Å²) in [6.45, 7) is 4.14. The summed E-state index contributed by atoms with van der Waals surface area (Å²) in [6, 6.07) is 6.08. The molecule has 0 bridgehead atoms. The average molecular weight is 239 g/mol. The van der Waals surface area contributed by atoms with Gasteiger partial charge in [-0.15, -0.1) is 0 Å². The van der Waals surface area contributed by atoms with Crippen molar-refractivity contribution in [3.8, 4) is 0 Å². The fraction of sp³-hybridized carbons (Fsp3) is 0.462. The Morgan fingerprint density at radius 2 is 2.06 bits per heavy atom. The Bertz CT molecular complexity index is 379. The zero-order valence-corrected chi connectivity index (χ0v) is 10.4. The number of methoxy groups -OCH3 is 1. The summed E-state index contributed by atoms with van der Waals surface area (Å²) in [4.78, 5) is 11.5. The van der Waals surface area contributed by atoms with E-state index in [4.69, 9.17) is 4.74 Å². The molecule has 0 aliphatic rings. The molecule has 0 aliphatic heterocycles. The van der Waals surface area contributed by atoms with Crippen LogP contribution >= 0.6 is 0 Å². The minimum absolute atomic E-state index is 0.0919. The molecule has 0 spiro atoms. The van der Waals surface area contributed by atoms with Crippen molar-refractivity contribution in [1.82, 2.24) is 5.32 Å². The van der Waals surface area contributed by atoms with Gasteiger partial charge in [0, 0.05) is 12.1 Å². The second-order valence-electron chi connectivity index (χ2n) is 4.22. The van der Waals surface area contributed by atoms with Gasteiger partial charge >= 0.3 is 5.97 Å². The number of carbonyl (C=O) groups is 1. The second kappa shape index (κ2) is 6.35. The van der Waals surface area contributed by atoms with Gasteiger partial charge in [0.15, 0.2) is 0 Å². The minimum Gasteiger partial charge on any atom is -0.468 e. The van der Waals surface area contributed by atoms with Crippen LogP contribution in [-0.4, -0.2) is 19.1 Å². The van der Waals surface area contributed by atoms with Crippen molar-refractivity contribution in [3.63, 3.8) is 0 Å². The van der Waals surface area contributed by atoms with E-state index in [1.807, 2.05) is 13.8 Å². The Balaban J connectivity index is 2.64. The summed E-state index contributed by atoms with van der Waals surface area (Å²) >= 11 is 0. The molecule has 1 rings (SSSR count). The highest BCUT2D eigenvalue weighted by atomic mass is 19.1. The first kappa shape index (κ1) is 13.6. The SMILES string of the molecule is COC(=O)[C@@H](NCc1ccccc1F)C(C)C. The molecule has 1 atom stereocenters. The second-order valence-corrected chi connectivity index (χ2v) is 4.22. The number of ether oxygens (including phenoxy) is 1. The fourth-order valence-corrected chi connectivity index (χ4v) is 1.58. The van der Waals surface area contributed by atoms with Crippen LogP contribution in [0.2, 0.25) is 0 Å². The summed E-state index contributed by atoms with van der Waals surface area (Å²) < 4.78 is 18.1. The maximum Gasteiger partial charge on any atom is 0.323 e. The van der Waals surface area contributed by atoms with Crippen molar-refractivity contribution in [2.45, 2.75) is 26.4 Å². The van der Waals surface area contributed by atoms with Crippen LogP contribution in [0.4, 0.5) is 4.39 Å². The van der Waals surface area contributed by atoms with Crippen LogP contribution < -0.4 is 5.32 Å². The highest BCUT2D eigenvalue weighted by molar-refractivity contribution is 5.75. The molecule has 0 heterocycles. The van der Waals surface area contributed by atoms with Gasteiger partial charge < -0.3 is 4.74 Å². The van der Waals surface area contributed by atoms with Crippen molar-refractivity contribution >= 4 is 5.97 Å². The van der Waals surface area contributed by atoms with Gasteiger partial charge in [0.25, 0.3) is 0 Å². The number of hydrogen-bond acceptors (Lipinski definition) is 3. The fourth-order valence-electron chi connectivity index (χ4n) is 1.58. The molecule has 0 aromatic heterocycles. The zero-order chi connectivity index (χ0) is 12.8. The number of halogens is 1. The molecule has 0 radical (unpaired) electrons. The summed E-state index contributed by atoms with van der Waals surface area (Å²) in [6.07, 6.45) is 0. The van der Waals surface area contributed by atoms with E-state index in [0.717, 1.165) is 0 Å². The number of carbonyl (C=O) groups excluding carboxylic acids is 1. The Labute approximate surface area is 101 Å². The Morgan fingerprint density at radius 1 is 1.41 bits per heavy atom. The summed E-state index contributed by atoms with van der Waals surface area (Å²) in [5, 5.41) is 3.01. The minimum atomic E-state index is -0.417. The summed E-state index contributed by atoms with van der Waals surface area (Å²) in [5.41, 5.74) is 0.544. The zero-order valence-electron chi connectivity index (χ0n) is 10.4. The molecule has 0 saturated carbocycles. The third-order valence-electron chi connectivity index (χ3n) is 2.59. The monoisotopic (exact) mass is 239 g/mol. The topological polar surface area (TPSA) is 38.3 Å². The van der Waals surface area contributed by atoms with Gasteiger partial charge in [0.2, 0.25) is 0 Å². The van der Waals surface area contributed by atoms with Crippen molar-refractivity contribution in [2.24, 2.45) is 5.92 Å². The number of nitrogens with one attached hydrogen (secondary N) is 1.